The van der Waals surface area contributed by atoms with E-state index in [1.54, 1.807) is 0 Å². The second-order valence-corrected chi connectivity index (χ2v) is 12.9. The van der Waals surface area contributed by atoms with E-state index in [0.717, 1.165) is 110 Å². The van der Waals surface area contributed by atoms with Crippen molar-refractivity contribution >= 4 is 28.9 Å². The summed E-state index contributed by atoms with van der Waals surface area (Å²) in [6, 6.07) is 6.23. The highest BCUT2D eigenvalue weighted by Gasteiger charge is 2.23. The summed E-state index contributed by atoms with van der Waals surface area (Å²) in [5, 5.41) is 12.9. The van der Waals surface area contributed by atoms with E-state index in [1.165, 1.54) is 37.0 Å². The van der Waals surface area contributed by atoms with E-state index in [1.807, 2.05) is 17.4 Å². The number of nitrogens with one attached hydrogen (secondary N) is 3. The molecule has 3 aliphatic rings. The van der Waals surface area contributed by atoms with Crippen LogP contribution in [0.1, 0.15) is 37.0 Å². The van der Waals surface area contributed by atoms with Gasteiger partial charge < -0.3 is 31.3 Å². The first-order chi connectivity index (χ1) is 20.2. The van der Waals surface area contributed by atoms with Gasteiger partial charge in [-0.2, -0.15) is 9.97 Å². The lowest BCUT2D eigenvalue weighted by Crippen LogP contribution is -2.49. The zero-order chi connectivity index (χ0) is 28.1. The van der Waals surface area contributed by atoms with Gasteiger partial charge in [0, 0.05) is 76.4 Å². The van der Waals surface area contributed by atoms with Crippen LogP contribution in [0.2, 0.25) is 0 Å². The van der Waals surface area contributed by atoms with Gasteiger partial charge in [0.15, 0.2) is 0 Å². The normalized spacial score (nSPS) is 22.7. The largest absolute Gasteiger partial charge is 0.383 e. The third-order valence-corrected chi connectivity index (χ3v) is 9.68. The van der Waals surface area contributed by atoms with Crippen molar-refractivity contribution in [3.8, 4) is 0 Å². The van der Waals surface area contributed by atoms with Gasteiger partial charge in [0.1, 0.15) is 11.6 Å². The van der Waals surface area contributed by atoms with Crippen molar-refractivity contribution in [1.29, 1.82) is 0 Å². The third kappa shape index (κ3) is 10.3. The summed E-state index contributed by atoms with van der Waals surface area (Å²) in [6.07, 6.45) is 6.31. The smallest absolute Gasteiger partial charge is 0.226 e. The molecule has 2 aromatic rings. The van der Waals surface area contributed by atoms with Crippen molar-refractivity contribution in [3.05, 3.63) is 28.5 Å². The van der Waals surface area contributed by atoms with E-state index >= 15 is 0 Å². The highest BCUT2D eigenvalue weighted by Crippen LogP contribution is 2.29. The maximum absolute atomic E-state index is 6.20. The zero-order valence-electron chi connectivity index (χ0n) is 24.7. The van der Waals surface area contributed by atoms with Crippen LogP contribution < -0.4 is 26.6 Å². The SMILES string of the molecule is Nc1cc(N2CCN(CCN3CCOCC3)CC2)nc(NC[C@H]2CC[C@H](CNCCCNCc3cccs3)CC2)n1. The Kier molecular flexibility index (Phi) is 12.3. The Labute approximate surface area is 250 Å². The fraction of sp³-hybridized carbons (Fsp3) is 0.733. The van der Waals surface area contributed by atoms with Crippen molar-refractivity contribution in [1.82, 2.24) is 30.4 Å². The number of nitrogens with two attached hydrogens (primary N) is 1. The topological polar surface area (TPSA) is 107 Å². The van der Waals surface area contributed by atoms with Crippen LogP contribution in [0.15, 0.2) is 23.6 Å². The van der Waals surface area contributed by atoms with Crippen LogP contribution in [-0.2, 0) is 11.3 Å². The Morgan fingerprint density at radius 1 is 0.878 bits per heavy atom. The first-order valence-electron chi connectivity index (χ1n) is 15.8. The minimum absolute atomic E-state index is 0.545. The number of hydrogen-bond acceptors (Lipinski definition) is 11. The number of aromatic nitrogens is 2. The maximum atomic E-state index is 6.20. The van der Waals surface area contributed by atoms with E-state index in [4.69, 9.17) is 15.5 Å². The second-order valence-electron chi connectivity index (χ2n) is 11.8. The lowest BCUT2D eigenvalue weighted by atomic mass is 9.82. The summed E-state index contributed by atoms with van der Waals surface area (Å²) < 4.78 is 5.47. The molecule has 5 rings (SSSR count). The number of morpholine rings is 1. The lowest BCUT2D eigenvalue weighted by Gasteiger charge is -2.37. The summed E-state index contributed by atoms with van der Waals surface area (Å²) in [5.41, 5.74) is 6.20. The molecule has 0 bridgehead atoms. The predicted molar refractivity (Wildman–Crippen MR) is 170 cm³/mol. The molecule has 1 aliphatic carbocycles. The number of rotatable bonds is 15. The first-order valence-corrected chi connectivity index (χ1v) is 16.7. The number of anilines is 3. The van der Waals surface area contributed by atoms with Crippen LogP contribution >= 0.6 is 11.3 Å². The lowest BCUT2D eigenvalue weighted by molar-refractivity contribution is 0.0331. The molecule has 228 valence electrons. The molecule has 3 fully saturated rings. The molecule has 11 heteroatoms. The Bertz CT molecular complexity index is 988. The van der Waals surface area contributed by atoms with Crippen molar-refractivity contribution in [3.63, 3.8) is 0 Å². The van der Waals surface area contributed by atoms with Gasteiger partial charge in [-0.05, 0) is 75.0 Å². The van der Waals surface area contributed by atoms with Crippen LogP contribution in [0.25, 0.3) is 0 Å². The molecule has 0 spiro atoms. The average molecular weight is 586 g/mol. The van der Waals surface area contributed by atoms with Crippen LogP contribution in [0.5, 0.6) is 0 Å². The maximum Gasteiger partial charge on any atom is 0.226 e. The third-order valence-electron chi connectivity index (χ3n) is 8.80. The van der Waals surface area contributed by atoms with Crippen LogP contribution in [0.4, 0.5) is 17.6 Å². The minimum atomic E-state index is 0.545. The average Bonchev–Trinajstić information content (AvgIpc) is 3.53. The van der Waals surface area contributed by atoms with Crippen LogP contribution in [-0.4, -0.2) is 112 Å². The summed E-state index contributed by atoms with van der Waals surface area (Å²) in [7, 11) is 0. The summed E-state index contributed by atoms with van der Waals surface area (Å²) in [5.74, 6) is 3.64. The fourth-order valence-corrected chi connectivity index (χ4v) is 6.82. The van der Waals surface area contributed by atoms with Crippen molar-refractivity contribution in [2.24, 2.45) is 11.8 Å². The van der Waals surface area contributed by atoms with E-state index < -0.39 is 0 Å². The van der Waals surface area contributed by atoms with Gasteiger partial charge in [-0.15, -0.1) is 11.3 Å². The molecule has 5 N–H and O–H groups in total. The number of hydrogen-bond donors (Lipinski definition) is 4. The number of thiophene rings is 1. The number of ether oxygens (including phenoxy) is 1. The summed E-state index contributed by atoms with van der Waals surface area (Å²) in [6.45, 7) is 15.4. The highest BCUT2D eigenvalue weighted by atomic mass is 32.1. The van der Waals surface area contributed by atoms with E-state index in [0.29, 0.717) is 17.7 Å². The van der Waals surface area contributed by atoms with Gasteiger partial charge in [-0.3, -0.25) is 9.80 Å². The number of nitrogen functional groups attached to an aromatic ring is 1. The Balaban J connectivity index is 0.939. The molecule has 4 heterocycles. The molecule has 10 nitrogen and oxygen atoms in total. The van der Waals surface area contributed by atoms with Crippen LogP contribution in [0.3, 0.4) is 0 Å². The van der Waals surface area contributed by atoms with Crippen LogP contribution in [0, 0.1) is 11.8 Å². The van der Waals surface area contributed by atoms with Gasteiger partial charge in [-0.1, -0.05) is 6.07 Å². The van der Waals surface area contributed by atoms with E-state index in [9.17, 15) is 0 Å². The number of piperazine rings is 1. The molecular formula is C30H51N9OS. The van der Waals surface area contributed by atoms with Crippen molar-refractivity contribution < 1.29 is 4.74 Å². The molecule has 2 aromatic heterocycles. The van der Waals surface area contributed by atoms with E-state index in [-0.39, 0.29) is 0 Å². The predicted octanol–water partition coefficient (Wildman–Crippen LogP) is 2.56. The molecule has 41 heavy (non-hydrogen) atoms. The number of nitrogens with zero attached hydrogens (tertiary/aromatic N) is 5. The van der Waals surface area contributed by atoms with Gasteiger partial charge in [0.25, 0.3) is 0 Å². The molecule has 2 saturated heterocycles. The summed E-state index contributed by atoms with van der Waals surface area (Å²) >= 11 is 1.82. The molecular weight excluding hydrogens is 534 g/mol. The van der Waals surface area contributed by atoms with Gasteiger partial charge in [0.2, 0.25) is 5.95 Å². The van der Waals surface area contributed by atoms with Gasteiger partial charge in [0.05, 0.1) is 13.2 Å². The molecule has 1 saturated carbocycles. The Morgan fingerprint density at radius 2 is 1.59 bits per heavy atom. The quantitative estimate of drug-likeness (QED) is 0.233. The molecule has 0 unspecified atom stereocenters. The molecule has 0 aromatic carbocycles. The monoisotopic (exact) mass is 585 g/mol. The Morgan fingerprint density at radius 3 is 2.32 bits per heavy atom. The molecule has 0 atom stereocenters. The zero-order valence-corrected chi connectivity index (χ0v) is 25.6. The van der Waals surface area contributed by atoms with Gasteiger partial charge in [-0.25, -0.2) is 0 Å². The van der Waals surface area contributed by atoms with Crippen molar-refractivity contribution in [2.45, 2.75) is 38.6 Å². The van der Waals surface area contributed by atoms with Crippen molar-refractivity contribution in [2.75, 3.05) is 108 Å². The molecule has 0 radical (unpaired) electrons. The molecule has 0 amide bonds. The van der Waals surface area contributed by atoms with Gasteiger partial charge >= 0.3 is 0 Å². The standard InChI is InChI=1S/C30H51N9OS/c31-28-21-29(39-14-12-37(13-15-39)10-11-38-16-18-40-19-17-38)36-30(35-28)34-23-26-6-4-25(5-7-26)22-32-8-2-9-33-24-27-3-1-20-41-27/h1,3,20-21,25-26,32-33H,2,4-19,22-24H2,(H3,31,34,35,36)/t25-,26-. The summed E-state index contributed by atoms with van der Waals surface area (Å²) in [4.78, 5) is 18.2. The fourth-order valence-electron chi connectivity index (χ4n) is 6.15. The molecule has 2 aliphatic heterocycles. The first kappa shape index (κ1) is 30.4. The van der Waals surface area contributed by atoms with E-state index in [2.05, 4.69) is 53.1 Å². The highest BCUT2D eigenvalue weighted by molar-refractivity contribution is 7.09. The Hall–Kier alpha value is -2.02. The second kappa shape index (κ2) is 16.6. The minimum Gasteiger partial charge on any atom is -0.383 e.